The molecular weight excluding hydrogens is 1880 g/mol. The summed E-state index contributed by atoms with van der Waals surface area (Å²) >= 11 is 0. The smallest absolute Gasteiger partial charge is 0.320 e. The van der Waals surface area contributed by atoms with Gasteiger partial charge in [-0.15, -0.1) is 0 Å². The third kappa shape index (κ3) is 31.4. The second-order valence-electron chi connectivity index (χ2n) is 41.3. The Morgan fingerprint density at radius 3 is 0.953 bits per heavy atom. The number of unbranched alkanes of at least 4 members (excludes halogenated alkanes) is 6. The Bertz CT molecular complexity index is 6160. The van der Waals surface area contributed by atoms with Gasteiger partial charge in [0, 0.05) is 145 Å². The molecular formula is C117H155N25O8. The number of Topliss-reactive ketones (excluding diaryl/α,β-unsaturated/α-hetero) is 3. The minimum absolute atomic E-state index is 0.00422. The number of ketones is 3. The lowest BCUT2D eigenvalue weighted by molar-refractivity contribution is -0.147. The summed E-state index contributed by atoms with van der Waals surface area (Å²) in [5.41, 5.74) is 49.2. The molecule has 10 N–H and O–H groups in total. The third-order valence-electron chi connectivity index (χ3n) is 28.7. The molecule has 33 nitrogen and oxygen atoms in total. The largest absolute Gasteiger partial charge is 0.469 e. The predicted molar refractivity (Wildman–Crippen MR) is 593 cm³/mol. The number of methoxy groups -OCH3 is 1. The molecule has 5 aromatic heterocycles. The number of piperidine rings is 1. The summed E-state index contributed by atoms with van der Waals surface area (Å²) in [6, 6.07) is 45.3. The second kappa shape index (κ2) is 55.1. The van der Waals surface area contributed by atoms with E-state index in [2.05, 4.69) is 207 Å². The first-order valence-corrected chi connectivity index (χ1v) is 54.5. The van der Waals surface area contributed by atoms with E-state index in [1.165, 1.54) is 144 Å². The molecule has 0 saturated carbocycles. The zero-order chi connectivity index (χ0) is 105. The monoisotopic (exact) mass is 2040 g/mol. The van der Waals surface area contributed by atoms with Crippen LogP contribution < -0.4 is 67.4 Å². The molecule has 796 valence electrons. The fraction of sp³-hybridized carbons (Fsp3) is 0.496. The number of nitrogen functional groups attached to an aromatic ring is 5. The number of rotatable bonds is 38. The highest BCUT2D eigenvalue weighted by Crippen LogP contribution is 2.39. The number of fused-ring (bicyclic) bond motifs is 5. The Labute approximate surface area is 885 Å². The number of hydrogen-bond donors (Lipinski definition) is 5. The Balaban J connectivity index is 0.000000140. The summed E-state index contributed by atoms with van der Waals surface area (Å²) in [5.74, 6) is 8.16. The van der Waals surface area contributed by atoms with E-state index in [9.17, 15) is 19.2 Å². The minimum atomic E-state index is -0.105. The third-order valence-corrected chi connectivity index (χ3v) is 28.7. The van der Waals surface area contributed by atoms with Gasteiger partial charge in [-0.25, -0.2) is 19.9 Å². The van der Waals surface area contributed by atoms with Crippen LogP contribution in [0.2, 0.25) is 0 Å². The van der Waals surface area contributed by atoms with Gasteiger partial charge >= 0.3 is 24.0 Å². The van der Waals surface area contributed by atoms with Gasteiger partial charge in [-0.3, -0.25) is 38.8 Å². The van der Waals surface area contributed by atoms with Crippen LogP contribution in [0.3, 0.4) is 0 Å². The summed E-state index contributed by atoms with van der Waals surface area (Å²) < 4.78 is 21.9. The van der Waals surface area contributed by atoms with Crippen LogP contribution in [-0.4, -0.2) is 205 Å². The highest BCUT2D eigenvalue weighted by atomic mass is 16.5. The second-order valence-corrected chi connectivity index (χ2v) is 41.3. The number of nitriles is 1. The van der Waals surface area contributed by atoms with E-state index in [1.807, 2.05) is 52.0 Å². The van der Waals surface area contributed by atoms with Crippen LogP contribution in [0.4, 0.5) is 58.2 Å². The molecule has 5 aromatic carbocycles. The summed E-state index contributed by atoms with van der Waals surface area (Å²) in [7, 11) is 1.45. The van der Waals surface area contributed by atoms with Crippen molar-refractivity contribution in [2.45, 2.75) is 260 Å². The van der Waals surface area contributed by atoms with Crippen molar-refractivity contribution in [3.05, 3.63) is 241 Å². The average molecular weight is 2040 g/mol. The zero-order valence-electron chi connectivity index (χ0n) is 89.2. The number of anilines is 10. The van der Waals surface area contributed by atoms with Crippen molar-refractivity contribution >= 4 is 81.5 Å². The number of carbonyl (C=O) groups is 4. The standard InChI is InChI=1S/C26H35N5O4.C25H35N5.C23H31N5O2.C22H29N5O2.C21H25N5/c1-3-4-12-35-26-28-23(27)22-14-21(32)17-31(24(22)29-26)16-19-7-5-6-18(13-19)15-30-10-8-20(9-11-30)25(33)34-2;1-3-4-5-11-23-27-24(26)22-14-19(2)16-30(25(22)28-23)18-21-10-8-9-20(15-21)17-29-12-6-7-13-29;1-2-3-11-30-23-25-21(24)20-13-19(29)16-28(22(20)26-23)15-18-8-6-7-17(12-18)14-27-9-4-5-10-27;1-2-10-29-22-24-20(23)19-12-18(28)15-27(21(19)25-22)14-17-7-5-6-16(11-17)13-26-8-3-4-9-26;1-3-4-5-9-19-24-20(23)18-10-15(2)13-26(21(18)25-19)14-17-8-6-7-16(11-17)12-22/h5-7,13,20H,3-4,8-12,14-17H2,1-2H3,(H2,27,28,29);8-10,15H,2-7,11-14,16-18H2,1H3,(H2,26,27,28);6-8,12H,2-5,9-11,13-16H2,1H3,(H2,24,25,26);5-7,11H,2-4,8-10,12-15H2,1H3,(H2,23,24,25);6-8,11H,2-5,9-10,13-14H2,1H3,(H2,23,24,25). The fourth-order valence-corrected chi connectivity index (χ4v) is 21.0. The normalized spacial score (nSPS) is 16.2. The summed E-state index contributed by atoms with van der Waals surface area (Å²) in [6.07, 6.45) is 25.2. The highest BCUT2D eigenvalue weighted by molar-refractivity contribution is 5.93. The zero-order valence-corrected chi connectivity index (χ0v) is 89.2. The predicted octanol–water partition coefficient (Wildman–Crippen LogP) is 16.6. The lowest BCUT2D eigenvalue weighted by Crippen LogP contribution is -2.37. The van der Waals surface area contributed by atoms with E-state index in [0.29, 0.717) is 128 Å². The van der Waals surface area contributed by atoms with Gasteiger partial charge in [-0.1, -0.05) is 207 Å². The molecule has 0 spiro atoms. The summed E-state index contributed by atoms with van der Waals surface area (Å²) in [6.45, 7) is 39.2. The van der Waals surface area contributed by atoms with Gasteiger partial charge in [0.25, 0.3) is 0 Å². The quantitative estimate of drug-likeness (QED) is 0.0136. The number of ether oxygens (including phenoxy) is 4. The number of aromatic nitrogens is 10. The van der Waals surface area contributed by atoms with Crippen LogP contribution in [0.15, 0.2) is 146 Å². The molecule has 19 rings (SSSR count). The fourth-order valence-electron chi connectivity index (χ4n) is 21.0. The molecule has 14 heterocycles. The van der Waals surface area contributed by atoms with Crippen molar-refractivity contribution in [2.24, 2.45) is 5.92 Å². The molecule has 0 bridgehead atoms. The van der Waals surface area contributed by atoms with Crippen LogP contribution in [0.5, 0.6) is 18.0 Å². The molecule has 33 heteroatoms. The molecule has 4 saturated heterocycles. The van der Waals surface area contributed by atoms with Crippen molar-refractivity contribution in [3.8, 4) is 24.1 Å². The van der Waals surface area contributed by atoms with Crippen molar-refractivity contribution < 1.29 is 38.1 Å². The number of aryl methyl sites for hydroxylation is 2. The molecule has 9 aliphatic heterocycles. The molecule has 150 heavy (non-hydrogen) atoms. The highest BCUT2D eigenvalue weighted by Gasteiger charge is 2.35. The van der Waals surface area contributed by atoms with E-state index in [4.69, 9.17) is 62.8 Å². The van der Waals surface area contributed by atoms with Crippen LogP contribution in [-0.2, 0) is 128 Å². The van der Waals surface area contributed by atoms with Gasteiger partial charge in [0.15, 0.2) is 17.3 Å². The molecule has 0 aliphatic carbocycles. The van der Waals surface area contributed by atoms with E-state index >= 15 is 0 Å². The average Bonchev–Trinajstić information content (AvgIpc) is 0.856. The summed E-state index contributed by atoms with van der Waals surface area (Å²) in [5, 5.41) is 9.13. The lowest BCUT2D eigenvalue weighted by atomic mass is 9.96. The molecule has 9 aliphatic rings. The van der Waals surface area contributed by atoms with Gasteiger partial charge in [0.2, 0.25) is 0 Å². The maximum absolute atomic E-state index is 12.5. The first-order chi connectivity index (χ1) is 72.9. The van der Waals surface area contributed by atoms with Crippen molar-refractivity contribution in [3.63, 3.8) is 0 Å². The molecule has 0 amide bonds. The van der Waals surface area contributed by atoms with Gasteiger partial charge < -0.3 is 72.1 Å². The van der Waals surface area contributed by atoms with Gasteiger partial charge in [-0.05, 0) is 198 Å². The first kappa shape index (κ1) is 110. The number of hydrogen-bond acceptors (Lipinski definition) is 33. The first-order valence-electron chi connectivity index (χ1n) is 54.5. The lowest BCUT2D eigenvalue weighted by Gasteiger charge is -2.32. The number of nitrogens with zero attached hydrogens (tertiary/aromatic N) is 20. The Morgan fingerprint density at radius 2 is 0.633 bits per heavy atom. The number of benzene rings is 5. The van der Waals surface area contributed by atoms with Gasteiger partial charge in [0.05, 0.1) is 64.1 Å². The van der Waals surface area contributed by atoms with Gasteiger partial charge in [-0.2, -0.15) is 35.2 Å². The molecule has 0 unspecified atom stereocenters. The van der Waals surface area contributed by atoms with Crippen molar-refractivity contribution in [1.82, 2.24) is 69.4 Å². The van der Waals surface area contributed by atoms with Crippen molar-refractivity contribution in [1.29, 1.82) is 5.26 Å². The van der Waals surface area contributed by atoms with E-state index in [1.54, 1.807) is 0 Å². The van der Waals surface area contributed by atoms with Crippen LogP contribution >= 0.6 is 0 Å². The van der Waals surface area contributed by atoms with Gasteiger partial charge in [0.1, 0.15) is 69.8 Å². The molecule has 0 atom stereocenters. The van der Waals surface area contributed by atoms with E-state index in [0.717, 1.165) is 210 Å². The van der Waals surface area contributed by atoms with Crippen molar-refractivity contribution in [2.75, 3.05) is 165 Å². The molecule has 4 fully saturated rings. The Kier molecular flexibility index (Phi) is 40.5. The summed E-state index contributed by atoms with van der Waals surface area (Å²) in [4.78, 5) is 115. The topological polar surface area (TPSA) is 417 Å². The Hall–Kier alpha value is -13.8. The SMILES string of the molecule is C=C1Cc2c(N)nc(CCCCC)nc2N(Cc2cccc(C#N)c2)C1.C=C1Cc2c(N)nc(CCCCC)nc2N(Cc2cccc(CN3CCCC3)c2)C1.CCCCOc1nc(N)c2c(n1)N(Cc1cccc(CN3CCC(C(=O)OC)CC3)c1)CC(=O)C2.CCCCOc1nc(N)c2c(n1)N(Cc1cccc(CN3CCCC3)c1)CC(=O)C2.CCCOc1nc(N)c2c(n1)N(Cc1cccc(CN3CCCC3)c1)CC(=O)C2. The maximum atomic E-state index is 12.5. The Morgan fingerprint density at radius 1 is 0.347 bits per heavy atom. The maximum Gasteiger partial charge on any atom is 0.320 e. The van der Waals surface area contributed by atoms with E-state index < -0.39 is 0 Å². The molecule has 0 radical (unpaired) electrons. The minimum Gasteiger partial charge on any atom is -0.469 e. The number of esters is 1. The van der Waals surface area contributed by atoms with Crippen LogP contribution in [0, 0.1) is 17.2 Å². The van der Waals surface area contributed by atoms with Crippen LogP contribution in [0.25, 0.3) is 0 Å². The van der Waals surface area contributed by atoms with Crippen LogP contribution in [0.1, 0.15) is 252 Å². The van der Waals surface area contributed by atoms with E-state index in [-0.39, 0.29) is 67.1 Å². The number of nitrogens with two attached hydrogens (primary N) is 5. The number of likely N-dealkylation sites (tertiary alicyclic amines) is 4. The number of carbonyl (C=O) groups excluding carboxylic acids is 4. The molecule has 10 aromatic rings.